The zero-order valence-electron chi connectivity index (χ0n) is 15.5. The van der Waals surface area contributed by atoms with Crippen LogP contribution in [-0.4, -0.2) is 55.5 Å². The Kier molecular flexibility index (Phi) is 5.13. The van der Waals surface area contributed by atoms with Gasteiger partial charge in [0.2, 0.25) is 0 Å². The van der Waals surface area contributed by atoms with Gasteiger partial charge in [0.05, 0.1) is 18.7 Å². The third kappa shape index (κ3) is 3.31. The summed E-state index contributed by atoms with van der Waals surface area (Å²) in [6.45, 7) is 11.4. The third-order valence-corrected chi connectivity index (χ3v) is 5.39. The van der Waals surface area contributed by atoms with Gasteiger partial charge in [0.15, 0.2) is 5.82 Å². The molecule has 0 amide bonds. The second-order valence-corrected chi connectivity index (χ2v) is 7.02. The Bertz CT molecular complexity index is 773. The number of nitrogens with one attached hydrogen (secondary N) is 2. The van der Waals surface area contributed by atoms with Gasteiger partial charge >= 0.3 is 0 Å². The summed E-state index contributed by atoms with van der Waals surface area (Å²) in [5.74, 6) is 1.02. The number of pyridine rings is 1. The summed E-state index contributed by atoms with van der Waals surface area (Å²) in [6, 6.07) is 0.425. The first-order valence-electron chi connectivity index (χ1n) is 9.63. The highest BCUT2D eigenvalue weighted by Crippen LogP contribution is 2.32. The number of ether oxygens (including phenoxy) is 2. The lowest BCUT2D eigenvalue weighted by Gasteiger charge is -2.29. The van der Waals surface area contributed by atoms with Crippen molar-refractivity contribution in [1.82, 2.24) is 15.3 Å². The number of aromatic amines is 1. The molecule has 0 radical (unpaired) electrons. The van der Waals surface area contributed by atoms with Gasteiger partial charge < -0.3 is 24.7 Å². The third-order valence-electron chi connectivity index (χ3n) is 5.39. The first kappa shape index (κ1) is 17.4. The predicted molar refractivity (Wildman–Crippen MR) is 105 cm³/mol. The van der Waals surface area contributed by atoms with Crippen LogP contribution < -0.4 is 10.2 Å². The van der Waals surface area contributed by atoms with Crippen molar-refractivity contribution in [1.29, 1.82) is 0 Å². The number of hydrogen-bond donors (Lipinski definition) is 2. The summed E-state index contributed by atoms with van der Waals surface area (Å²) < 4.78 is 11.0. The van der Waals surface area contributed by atoms with Crippen LogP contribution in [0.15, 0.2) is 19.0 Å². The Morgan fingerprint density at radius 1 is 1.27 bits per heavy atom. The summed E-state index contributed by atoms with van der Waals surface area (Å²) >= 11 is 0. The minimum Gasteiger partial charge on any atom is -0.382 e. The molecule has 0 spiro atoms. The molecule has 26 heavy (non-hydrogen) atoms. The van der Waals surface area contributed by atoms with E-state index in [4.69, 9.17) is 14.5 Å². The maximum atomic E-state index is 5.49. The van der Waals surface area contributed by atoms with Crippen LogP contribution in [0.4, 0.5) is 5.82 Å². The van der Waals surface area contributed by atoms with Gasteiger partial charge in [0.1, 0.15) is 0 Å². The van der Waals surface area contributed by atoms with E-state index in [0.29, 0.717) is 6.04 Å². The smallest absolute Gasteiger partial charge is 0.153 e. The van der Waals surface area contributed by atoms with E-state index in [1.807, 2.05) is 6.20 Å². The van der Waals surface area contributed by atoms with Crippen LogP contribution in [0, 0.1) is 0 Å². The second kappa shape index (κ2) is 7.68. The molecule has 2 aliphatic heterocycles. The molecule has 140 valence electrons. The molecule has 4 rings (SSSR count). The fourth-order valence-corrected chi connectivity index (χ4v) is 3.89. The topological polar surface area (TPSA) is 62.4 Å². The standard InChI is InChI=1S/C20H28N4O2/c1-3-15-12-21-19-18(15)17(14(2)23-16-4-8-25-9-5-16)13-22-20(19)24-6-10-26-11-7-24/h12-13,16,21,23H,2-11H2,1H3. The number of morpholine rings is 1. The Morgan fingerprint density at radius 2 is 2.00 bits per heavy atom. The van der Waals surface area contributed by atoms with Gasteiger partial charge in [-0.05, 0) is 24.8 Å². The number of fused-ring (bicyclic) bond motifs is 1. The van der Waals surface area contributed by atoms with Crippen LogP contribution in [0.25, 0.3) is 16.6 Å². The van der Waals surface area contributed by atoms with Gasteiger partial charge in [-0.1, -0.05) is 13.5 Å². The molecular weight excluding hydrogens is 328 g/mol. The summed E-state index contributed by atoms with van der Waals surface area (Å²) in [5, 5.41) is 4.85. The average molecular weight is 356 g/mol. The zero-order valence-corrected chi connectivity index (χ0v) is 15.5. The number of nitrogens with zero attached hydrogens (tertiary/aromatic N) is 2. The van der Waals surface area contributed by atoms with E-state index in [1.165, 1.54) is 10.9 Å². The van der Waals surface area contributed by atoms with Crippen molar-refractivity contribution in [3.63, 3.8) is 0 Å². The Labute approximate surface area is 154 Å². The van der Waals surface area contributed by atoms with Crippen LogP contribution >= 0.6 is 0 Å². The average Bonchev–Trinajstić information content (AvgIpc) is 3.13. The Hall–Kier alpha value is -2.05. The van der Waals surface area contributed by atoms with E-state index < -0.39 is 0 Å². The second-order valence-electron chi connectivity index (χ2n) is 7.02. The Balaban J connectivity index is 1.68. The maximum absolute atomic E-state index is 5.49. The van der Waals surface area contributed by atoms with E-state index >= 15 is 0 Å². The minimum atomic E-state index is 0.425. The number of rotatable bonds is 5. The fraction of sp³-hybridized carbons (Fsp3) is 0.550. The van der Waals surface area contributed by atoms with E-state index in [9.17, 15) is 0 Å². The molecule has 6 nitrogen and oxygen atoms in total. The van der Waals surface area contributed by atoms with Crippen molar-refractivity contribution in [2.24, 2.45) is 0 Å². The van der Waals surface area contributed by atoms with Crippen LogP contribution in [0.5, 0.6) is 0 Å². The van der Waals surface area contributed by atoms with Gasteiger partial charge in [-0.25, -0.2) is 4.98 Å². The monoisotopic (exact) mass is 356 g/mol. The van der Waals surface area contributed by atoms with Gasteiger partial charge in [0.25, 0.3) is 0 Å². The molecule has 0 unspecified atom stereocenters. The minimum absolute atomic E-state index is 0.425. The number of H-pyrrole nitrogens is 1. The maximum Gasteiger partial charge on any atom is 0.153 e. The molecule has 0 atom stereocenters. The number of hydrogen-bond acceptors (Lipinski definition) is 5. The predicted octanol–water partition coefficient (Wildman–Crippen LogP) is 2.70. The SMILES string of the molecule is C=C(NC1CCOCC1)c1cnc(N2CCOCC2)c2[nH]cc(CC)c12. The first-order chi connectivity index (χ1) is 12.8. The molecule has 2 aromatic heterocycles. The lowest BCUT2D eigenvalue weighted by Crippen LogP contribution is -2.37. The lowest BCUT2D eigenvalue weighted by molar-refractivity contribution is 0.0819. The molecule has 0 bridgehead atoms. The largest absolute Gasteiger partial charge is 0.382 e. The van der Waals surface area contributed by atoms with Crippen molar-refractivity contribution in [2.75, 3.05) is 44.4 Å². The normalized spacial score (nSPS) is 19.0. The van der Waals surface area contributed by atoms with Crippen molar-refractivity contribution < 1.29 is 9.47 Å². The molecule has 2 aliphatic rings. The molecule has 0 aliphatic carbocycles. The molecule has 2 fully saturated rings. The van der Waals surface area contributed by atoms with Crippen molar-refractivity contribution in [3.05, 3.63) is 30.1 Å². The molecule has 2 N–H and O–H groups in total. The molecule has 2 aromatic rings. The number of aryl methyl sites for hydroxylation is 1. The lowest BCUT2D eigenvalue weighted by atomic mass is 10.0. The van der Waals surface area contributed by atoms with Crippen LogP contribution in [0.2, 0.25) is 0 Å². The summed E-state index contributed by atoms with van der Waals surface area (Å²) in [7, 11) is 0. The van der Waals surface area contributed by atoms with E-state index in [2.05, 4.69) is 34.9 Å². The van der Waals surface area contributed by atoms with E-state index in [1.54, 1.807) is 0 Å². The molecule has 0 saturated carbocycles. The van der Waals surface area contributed by atoms with Gasteiger partial charge in [-0.2, -0.15) is 0 Å². The molecular formula is C20H28N4O2. The summed E-state index contributed by atoms with van der Waals surface area (Å²) in [4.78, 5) is 10.6. The van der Waals surface area contributed by atoms with Crippen molar-refractivity contribution in [2.45, 2.75) is 32.2 Å². The van der Waals surface area contributed by atoms with Crippen LogP contribution in [-0.2, 0) is 15.9 Å². The first-order valence-corrected chi connectivity index (χ1v) is 9.63. The van der Waals surface area contributed by atoms with Gasteiger partial charge in [0, 0.05) is 61.4 Å². The molecule has 4 heterocycles. The zero-order chi connectivity index (χ0) is 17.9. The van der Waals surface area contributed by atoms with Crippen molar-refractivity contribution in [3.8, 4) is 0 Å². The summed E-state index contributed by atoms with van der Waals surface area (Å²) in [6.07, 6.45) is 7.12. The van der Waals surface area contributed by atoms with Gasteiger partial charge in [-0.3, -0.25) is 0 Å². The summed E-state index contributed by atoms with van der Waals surface area (Å²) in [5.41, 5.74) is 4.47. The van der Waals surface area contributed by atoms with Crippen LogP contribution in [0.1, 0.15) is 30.9 Å². The van der Waals surface area contributed by atoms with Crippen molar-refractivity contribution >= 4 is 22.4 Å². The number of anilines is 1. The highest BCUT2D eigenvalue weighted by atomic mass is 16.5. The molecule has 0 aromatic carbocycles. The van der Waals surface area contributed by atoms with Gasteiger partial charge in [-0.15, -0.1) is 0 Å². The highest BCUT2D eigenvalue weighted by Gasteiger charge is 2.21. The highest BCUT2D eigenvalue weighted by molar-refractivity contribution is 5.99. The molecule has 6 heteroatoms. The van der Waals surface area contributed by atoms with E-state index in [0.717, 1.165) is 81.4 Å². The quantitative estimate of drug-likeness (QED) is 0.862. The molecule has 2 saturated heterocycles. The van der Waals surface area contributed by atoms with E-state index in [-0.39, 0.29) is 0 Å². The fourth-order valence-electron chi connectivity index (χ4n) is 3.89. The van der Waals surface area contributed by atoms with Crippen LogP contribution in [0.3, 0.4) is 0 Å². The Morgan fingerprint density at radius 3 is 2.73 bits per heavy atom. The number of aromatic nitrogens is 2.